The summed E-state index contributed by atoms with van der Waals surface area (Å²) in [6.45, 7) is 5.59. The molecule has 15 heavy (non-hydrogen) atoms. The average molecular weight is 206 g/mol. The fourth-order valence-electron chi connectivity index (χ4n) is 1.69. The fraction of sp³-hybridized carbons (Fsp3) is 0.615. The predicted octanol–water partition coefficient (Wildman–Crippen LogP) is 2.79. The van der Waals surface area contributed by atoms with Crippen molar-refractivity contribution in [3.8, 4) is 0 Å². The van der Waals surface area contributed by atoms with E-state index in [9.17, 15) is 0 Å². The third-order valence-corrected chi connectivity index (χ3v) is 2.68. The van der Waals surface area contributed by atoms with Crippen LogP contribution in [0.5, 0.6) is 0 Å². The maximum absolute atomic E-state index is 4.13. The minimum Gasteiger partial charge on any atom is -0.314 e. The molecule has 1 aromatic rings. The van der Waals surface area contributed by atoms with Gasteiger partial charge in [-0.3, -0.25) is 4.98 Å². The normalized spacial score (nSPS) is 12.7. The number of hydrogen-bond acceptors (Lipinski definition) is 2. The number of pyridine rings is 1. The van der Waals surface area contributed by atoms with Crippen molar-refractivity contribution in [3.63, 3.8) is 0 Å². The summed E-state index contributed by atoms with van der Waals surface area (Å²) < 4.78 is 0. The van der Waals surface area contributed by atoms with Crippen molar-refractivity contribution in [2.45, 2.75) is 45.6 Å². The largest absolute Gasteiger partial charge is 0.314 e. The van der Waals surface area contributed by atoms with Gasteiger partial charge in [0.05, 0.1) is 0 Å². The Labute approximate surface area is 93.1 Å². The number of nitrogens with one attached hydrogen (secondary N) is 1. The van der Waals surface area contributed by atoms with E-state index in [4.69, 9.17) is 0 Å². The van der Waals surface area contributed by atoms with E-state index in [-0.39, 0.29) is 0 Å². The third kappa shape index (κ3) is 4.93. The summed E-state index contributed by atoms with van der Waals surface area (Å²) in [7, 11) is 0. The lowest BCUT2D eigenvalue weighted by molar-refractivity contribution is 0.468. The van der Waals surface area contributed by atoms with Gasteiger partial charge in [0, 0.05) is 18.4 Å². The lowest BCUT2D eigenvalue weighted by Gasteiger charge is -2.16. The zero-order valence-corrected chi connectivity index (χ0v) is 9.87. The topological polar surface area (TPSA) is 24.9 Å². The van der Waals surface area contributed by atoms with Gasteiger partial charge in [-0.1, -0.05) is 19.9 Å². The Balaban J connectivity index is 2.28. The van der Waals surface area contributed by atoms with Crippen molar-refractivity contribution < 1.29 is 0 Å². The number of nitrogens with zero attached hydrogens (tertiary/aromatic N) is 1. The van der Waals surface area contributed by atoms with E-state index in [1.54, 1.807) is 0 Å². The van der Waals surface area contributed by atoms with Crippen molar-refractivity contribution >= 4 is 0 Å². The minimum absolute atomic E-state index is 0.658. The standard InChI is InChI=1S/C13H22N2/c1-3-9-15-13(4-2)8-7-12-6-5-10-14-11-12/h5-6,10-11,13,15H,3-4,7-9H2,1-2H3. The van der Waals surface area contributed by atoms with Gasteiger partial charge < -0.3 is 5.32 Å². The molecule has 0 aliphatic rings. The second kappa shape index (κ2) is 7.41. The third-order valence-electron chi connectivity index (χ3n) is 2.68. The SMILES string of the molecule is CCCNC(CC)CCc1cccnc1. The molecule has 1 unspecified atom stereocenters. The highest BCUT2D eigenvalue weighted by molar-refractivity contribution is 5.08. The summed E-state index contributed by atoms with van der Waals surface area (Å²) in [6.07, 6.45) is 8.55. The number of aryl methyl sites for hydroxylation is 1. The molecule has 0 aliphatic heterocycles. The zero-order valence-electron chi connectivity index (χ0n) is 9.87. The Morgan fingerprint density at radius 3 is 2.87 bits per heavy atom. The highest BCUT2D eigenvalue weighted by Gasteiger charge is 2.04. The van der Waals surface area contributed by atoms with E-state index >= 15 is 0 Å². The van der Waals surface area contributed by atoms with Crippen LogP contribution < -0.4 is 5.32 Å². The van der Waals surface area contributed by atoms with Crippen LogP contribution in [0.3, 0.4) is 0 Å². The first kappa shape index (κ1) is 12.2. The van der Waals surface area contributed by atoms with Crippen LogP contribution in [0, 0.1) is 0 Å². The first-order valence-electron chi connectivity index (χ1n) is 5.99. The molecule has 0 aliphatic carbocycles. The van der Waals surface area contributed by atoms with Crippen LogP contribution in [0.1, 0.15) is 38.7 Å². The molecule has 1 aromatic heterocycles. The molecule has 0 amide bonds. The lowest BCUT2D eigenvalue weighted by atomic mass is 10.0. The summed E-state index contributed by atoms with van der Waals surface area (Å²) in [5, 5.41) is 3.57. The molecule has 0 bridgehead atoms. The highest BCUT2D eigenvalue weighted by atomic mass is 14.9. The molecule has 0 fully saturated rings. The Morgan fingerprint density at radius 2 is 2.27 bits per heavy atom. The molecule has 1 atom stereocenters. The maximum atomic E-state index is 4.13. The second-order valence-electron chi connectivity index (χ2n) is 3.96. The molecular weight excluding hydrogens is 184 g/mol. The molecule has 1 N–H and O–H groups in total. The molecule has 1 heterocycles. The summed E-state index contributed by atoms with van der Waals surface area (Å²) in [5.41, 5.74) is 1.34. The Morgan fingerprint density at radius 1 is 1.40 bits per heavy atom. The van der Waals surface area contributed by atoms with Gasteiger partial charge in [0.1, 0.15) is 0 Å². The molecule has 0 saturated carbocycles. The molecule has 2 nitrogen and oxygen atoms in total. The maximum Gasteiger partial charge on any atom is 0.0299 e. The Hall–Kier alpha value is -0.890. The van der Waals surface area contributed by atoms with Crippen molar-refractivity contribution in [1.82, 2.24) is 10.3 Å². The van der Waals surface area contributed by atoms with Crippen LogP contribution in [0.25, 0.3) is 0 Å². The van der Waals surface area contributed by atoms with E-state index in [1.807, 2.05) is 18.5 Å². The van der Waals surface area contributed by atoms with Gasteiger partial charge in [-0.2, -0.15) is 0 Å². The summed E-state index contributed by atoms with van der Waals surface area (Å²) in [4.78, 5) is 4.13. The van der Waals surface area contributed by atoms with Crippen LogP contribution in [-0.2, 0) is 6.42 Å². The van der Waals surface area contributed by atoms with Crippen molar-refractivity contribution in [3.05, 3.63) is 30.1 Å². The van der Waals surface area contributed by atoms with Crippen molar-refractivity contribution in [2.24, 2.45) is 0 Å². The summed E-state index contributed by atoms with van der Waals surface area (Å²) >= 11 is 0. The highest BCUT2D eigenvalue weighted by Crippen LogP contribution is 2.05. The van der Waals surface area contributed by atoms with Gasteiger partial charge in [0.25, 0.3) is 0 Å². The van der Waals surface area contributed by atoms with Gasteiger partial charge >= 0.3 is 0 Å². The molecule has 1 rings (SSSR count). The Kier molecular flexibility index (Phi) is 6.02. The van der Waals surface area contributed by atoms with Gasteiger partial charge in [0.15, 0.2) is 0 Å². The molecular formula is C13H22N2. The van der Waals surface area contributed by atoms with Crippen LogP contribution >= 0.6 is 0 Å². The fourth-order valence-corrected chi connectivity index (χ4v) is 1.69. The minimum atomic E-state index is 0.658. The second-order valence-corrected chi connectivity index (χ2v) is 3.96. The van der Waals surface area contributed by atoms with Crippen LogP contribution in [0.15, 0.2) is 24.5 Å². The van der Waals surface area contributed by atoms with Crippen LogP contribution in [0.2, 0.25) is 0 Å². The molecule has 0 aromatic carbocycles. The van der Waals surface area contributed by atoms with Crippen LogP contribution in [-0.4, -0.2) is 17.6 Å². The average Bonchev–Trinajstić information content (AvgIpc) is 2.31. The van der Waals surface area contributed by atoms with E-state index < -0.39 is 0 Å². The van der Waals surface area contributed by atoms with E-state index in [0.29, 0.717) is 6.04 Å². The Bertz CT molecular complexity index is 246. The smallest absolute Gasteiger partial charge is 0.0299 e. The van der Waals surface area contributed by atoms with E-state index in [2.05, 4.69) is 30.2 Å². The van der Waals surface area contributed by atoms with Crippen LogP contribution in [0.4, 0.5) is 0 Å². The molecule has 84 valence electrons. The molecule has 2 heteroatoms. The van der Waals surface area contributed by atoms with Gasteiger partial charge in [-0.05, 0) is 43.9 Å². The molecule has 0 spiro atoms. The summed E-state index contributed by atoms with van der Waals surface area (Å²) in [6, 6.07) is 4.82. The van der Waals surface area contributed by atoms with Crippen molar-refractivity contribution in [1.29, 1.82) is 0 Å². The lowest BCUT2D eigenvalue weighted by Crippen LogP contribution is -2.29. The zero-order chi connectivity index (χ0) is 10.9. The van der Waals surface area contributed by atoms with Gasteiger partial charge in [0.2, 0.25) is 0 Å². The van der Waals surface area contributed by atoms with Gasteiger partial charge in [-0.25, -0.2) is 0 Å². The molecule has 0 saturated heterocycles. The van der Waals surface area contributed by atoms with Gasteiger partial charge in [-0.15, -0.1) is 0 Å². The molecule has 0 radical (unpaired) electrons. The quantitative estimate of drug-likeness (QED) is 0.742. The number of aromatic nitrogens is 1. The van der Waals surface area contributed by atoms with E-state index in [1.165, 1.54) is 24.8 Å². The predicted molar refractivity (Wildman–Crippen MR) is 64.9 cm³/mol. The van der Waals surface area contributed by atoms with E-state index in [0.717, 1.165) is 13.0 Å². The monoisotopic (exact) mass is 206 g/mol. The number of rotatable bonds is 7. The summed E-state index contributed by atoms with van der Waals surface area (Å²) in [5.74, 6) is 0. The van der Waals surface area contributed by atoms with Crippen molar-refractivity contribution in [2.75, 3.05) is 6.54 Å². The number of hydrogen-bond donors (Lipinski definition) is 1. The first-order chi connectivity index (χ1) is 7.36. The first-order valence-corrected chi connectivity index (χ1v) is 5.99.